The van der Waals surface area contributed by atoms with Crippen molar-refractivity contribution in [2.75, 3.05) is 4.90 Å². The van der Waals surface area contributed by atoms with Crippen molar-refractivity contribution in [3.63, 3.8) is 0 Å². The molecular formula is C28H21N3O7S2. The molecule has 10 nitrogen and oxygen atoms in total. The third-order valence-corrected chi connectivity index (χ3v) is 8.05. The van der Waals surface area contributed by atoms with E-state index in [1.165, 1.54) is 41.3 Å². The molecule has 2 aliphatic rings. The summed E-state index contributed by atoms with van der Waals surface area (Å²) < 4.78 is 35.8. The van der Waals surface area contributed by atoms with Crippen molar-refractivity contribution in [2.45, 2.75) is 17.0 Å². The van der Waals surface area contributed by atoms with Crippen molar-refractivity contribution in [3.8, 4) is 23.0 Å². The normalized spacial score (nSPS) is 16.9. The van der Waals surface area contributed by atoms with Gasteiger partial charge >= 0.3 is 5.97 Å². The zero-order chi connectivity index (χ0) is 28.4. The van der Waals surface area contributed by atoms with Crippen LogP contribution in [0.3, 0.4) is 0 Å². The number of anilines is 1. The predicted octanol–water partition coefficient (Wildman–Crippen LogP) is 3.56. The van der Waals surface area contributed by atoms with E-state index in [4.69, 9.17) is 32.6 Å². The van der Waals surface area contributed by atoms with E-state index >= 15 is 0 Å². The van der Waals surface area contributed by atoms with E-state index in [-0.39, 0.29) is 39.6 Å². The van der Waals surface area contributed by atoms with Crippen LogP contribution in [-0.4, -0.2) is 29.7 Å². The smallest absolute Gasteiger partial charge is 0.340 e. The number of carbonyl (C=O) groups excluding carboxylic acids is 1. The fourth-order valence-electron chi connectivity index (χ4n) is 5.23. The number of thiocarbonyl (C=S) groups is 1. The van der Waals surface area contributed by atoms with Crippen molar-refractivity contribution < 1.29 is 32.9 Å². The second-order valence-corrected chi connectivity index (χ2v) is 11.3. The highest BCUT2D eigenvalue weighted by atomic mass is 32.2. The van der Waals surface area contributed by atoms with Gasteiger partial charge in [0.25, 0.3) is 0 Å². The second-order valence-electron chi connectivity index (χ2n) is 9.35. The summed E-state index contributed by atoms with van der Waals surface area (Å²) in [5.74, 6) is -0.432. The molecule has 0 saturated carbocycles. The third kappa shape index (κ3) is 3.92. The maximum atomic E-state index is 13.2. The standard InChI is InChI=1S/C28H21N3O7S2/c29-27(39)31(14-15-5-8-18(9-6-15)40(30,35)36)22-11-17(33)13-24-25(22)28(21-10-7-16(32)12-23(21)37-24)20-4-2-1-3-19(20)26(34)38-28/h1-13,32-33H,14H2,(H2,29,39)(H2,30,35,36). The Morgan fingerprint density at radius 2 is 1.62 bits per heavy atom. The maximum absolute atomic E-state index is 13.2. The van der Waals surface area contributed by atoms with Crippen molar-refractivity contribution in [3.05, 3.63) is 107 Å². The quantitative estimate of drug-likeness (QED) is 0.209. The lowest BCUT2D eigenvalue weighted by Gasteiger charge is -2.39. The molecule has 1 atom stereocenters. The molecule has 4 aromatic rings. The number of phenolic OH excluding ortho intramolecular Hbond substituents is 2. The number of primary sulfonamides is 1. The van der Waals surface area contributed by atoms with Crippen LogP contribution in [0, 0.1) is 0 Å². The third-order valence-electron chi connectivity index (χ3n) is 6.90. The fourth-order valence-corrected chi connectivity index (χ4v) is 5.90. The monoisotopic (exact) mass is 575 g/mol. The van der Waals surface area contributed by atoms with E-state index in [0.717, 1.165) is 0 Å². The van der Waals surface area contributed by atoms with Gasteiger partial charge in [0.2, 0.25) is 10.0 Å². The lowest BCUT2D eigenvalue weighted by atomic mass is 9.76. The summed E-state index contributed by atoms with van der Waals surface area (Å²) in [6.07, 6.45) is 0. The summed E-state index contributed by atoms with van der Waals surface area (Å²) >= 11 is 5.42. The van der Waals surface area contributed by atoms with Crippen LogP contribution in [0.25, 0.3) is 0 Å². The summed E-state index contributed by atoms with van der Waals surface area (Å²) in [5.41, 5.74) is 7.26. The van der Waals surface area contributed by atoms with Gasteiger partial charge in [-0.25, -0.2) is 18.4 Å². The Balaban J connectivity index is 1.60. The van der Waals surface area contributed by atoms with Gasteiger partial charge in [-0.15, -0.1) is 0 Å². The van der Waals surface area contributed by atoms with E-state index in [0.29, 0.717) is 33.5 Å². The minimum absolute atomic E-state index is 0.0598. The van der Waals surface area contributed by atoms with Gasteiger partial charge in [-0.1, -0.05) is 30.3 Å². The molecule has 4 aromatic carbocycles. The van der Waals surface area contributed by atoms with Crippen LogP contribution < -0.4 is 20.5 Å². The SMILES string of the molecule is NC(=S)N(Cc1ccc(S(N)(=O)=O)cc1)c1cc(O)cc2c1C1(OC(=O)c3ccccc31)c1ccc(O)cc1O2. The average Bonchev–Trinajstić information content (AvgIpc) is 3.18. The van der Waals surface area contributed by atoms with E-state index in [1.54, 1.807) is 42.5 Å². The lowest BCUT2D eigenvalue weighted by molar-refractivity contribution is 0.0226. The minimum Gasteiger partial charge on any atom is -0.508 e. The fraction of sp³-hybridized carbons (Fsp3) is 0.0714. The number of carbonyl (C=O) groups is 1. The number of hydrogen-bond donors (Lipinski definition) is 4. The highest BCUT2D eigenvalue weighted by Gasteiger charge is 2.55. The highest BCUT2D eigenvalue weighted by molar-refractivity contribution is 7.89. The van der Waals surface area contributed by atoms with Crippen molar-refractivity contribution in [2.24, 2.45) is 10.9 Å². The van der Waals surface area contributed by atoms with Crippen molar-refractivity contribution >= 4 is 39.0 Å². The number of nitrogens with two attached hydrogens (primary N) is 2. The summed E-state index contributed by atoms with van der Waals surface area (Å²) in [4.78, 5) is 14.7. The summed E-state index contributed by atoms with van der Waals surface area (Å²) in [6.45, 7) is 0.0598. The number of ether oxygens (including phenoxy) is 2. The number of benzene rings is 4. The van der Waals surface area contributed by atoms with Crippen LogP contribution in [-0.2, 0) is 26.9 Å². The van der Waals surface area contributed by atoms with E-state index in [9.17, 15) is 23.4 Å². The number of sulfonamides is 1. The van der Waals surface area contributed by atoms with Crippen molar-refractivity contribution in [1.82, 2.24) is 0 Å². The van der Waals surface area contributed by atoms with Crippen LogP contribution >= 0.6 is 12.2 Å². The molecule has 0 aliphatic carbocycles. The molecule has 0 saturated heterocycles. The zero-order valence-corrected chi connectivity index (χ0v) is 22.2. The largest absolute Gasteiger partial charge is 0.508 e. The Kier molecular flexibility index (Phi) is 5.73. The van der Waals surface area contributed by atoms with E-state index in [1.807, 2.05) is 0 Å². The predicted molar refractivity (Wildman–Crippen MR) is 149 cm³/mol. The summed E-state index contributed by atoms with van der Waals surface area (Å²) in [5, 5.41) is 26.1. The van der Waals surface area contributed by atoms with Gasteiger partial charge in [0.05, 0.1) is 28.3 Å². The molecule has 0 bridgehead atoms. The number of esters is 1. The maximum Gasteiger partial charge on any atom is 0.340 e. The van der Waals surface area contributed by atoms with Gasteiger partial charge in [-0.3, -0.25) is 0 Å². The molecule has 2 aliphatic heterocycles. The van der Waals surface area contributed by atoms with Crippen LogP contribution in [0.4, 0.5) is 5.69 Å². The number of nitrogens with zero attached hydrogens (tertiary/aromatic N) is 1. The Bertz CT molecular complexity index is 1840. The number of hydrogen-bond acceptors (Lipinski definition) is 8. The average molecular weight is 576 g/mol. The number of aromatic hydroxyl groups is 2. The highest BCUT2D eigenvalue weighted by Crippen LogP contribution is 2.59. The van der Waals surface area contributed by atoms with Gasteiger partial charge in [-0.2, -0.15) is 0 Å². The zero-order valence-electron chi connectivity index (χ0n) is 20.6. The molecule has 2 heterocycles. The van der Waals surface area contributed by atoms with Gasteiger partial charge < -0.3 is 30.3 Å². The van der Waals surface area contributed by atoms with E-state index < -0.39 is 21.6 Å². The number of fused-ring (bicyclic) bond motifs is 6. The van der Waals surface area contributed by atoms with Gasteiger partial charge in [-0.05, 0) is 48.1 Å². The van der Waals surface area contributed by atoms with Crippen LogP contribution in [0.1, 0.15) is 32.6 Å². The van der Waals surface area contributed by atoms with E-state index in [2.05, 4.69) is 0 Å². The molecule has 1 spiro atoms. The first kappa shape index (κ1) is 25.6. The van der Waals surface area contributed by atoms with Gasteiger partial charge in [0.1, 0.15) is 23.0 Å². The first-order valence-electron chi connectivity index (χ1n) is 11.9. The summed E-state index contributed by atoms with van der Waals surface area (Å²) in [6, 6.07) is 20.0. The van der Waals surface area contributed by atoms with Crippen LogP contribution in [0.2, 0.25) is 0 Å². The van der Waals surface area contributed by atoms with Gasteiger partial charge in [0, 0.05) is 29.3 Å². The minimum atomic E-state index is -3.89. The molecule has 1 unspecified atom stereocenters. The molecule has 0 aromatic heterocycles. The molecule has 0 amide bonds. The second kappa shape index (κ2) is 8.95. The Labute approximate surface area is 234 Å². The van der Waals surface area contributed by atoms with Crippen LogP contribution in [0.5, 0.6) is 23.0 Å². The first-order valence-corrected chi connectivity index (χ1v) is 13.8. The van der Waals surface area contributed by atoms with Crippen molar-refractivity contribution in [1.29, 1.82) is 0 Å². The molecule has 40 heavy (non-hydrogen) atoms. The Morgan fingerprint density at radius 3 is 2.33 bits per heavy atom. The molecule has 6 N–H and O–H groups in total. The molecule has 6 rings (SSSR count). The Hall–Kier alpha value is -4.65. The molecule has 0 fully saturated rings. The number of phenols is 2. The lowest BCUT2D eigenvalue weighted by Crippen LogP contribution is -2.40. The first-order chi connectivity index (χ1) is 19.0. The van der Waals surface area contributed by atoms with Crippen LogP contribution in [0.15, 0.2) is 83.8 Å². The topological polar surface area (TPSA) is 165 Å². The van der Waals surface area contributed by atoms with Gasteiger partial charge in [0.15, 0.2) is 10.7 Å². The molecule has 202 valence electrons. The summed E-state index contributed by atoms with van der Waals surface area (Å²) in [7, 11) is -3.89. The molecule has 12 heteroatoms. The number of rotatable bonds is 4. The molecular weight excluding hydrogens is 554 g/mol. The molecule has 0 radical (unpaired) electrons. The Morgan fingerprint density at radius 1 is 0.925 bits per heavy atom.